The molecule has 2 N–H and O–H groups in total. The van der Waals surface area contributed by atoms with E-state index in [1.54, 1.807) is 4.90 Å². The number of rotatable bonds is 7. The highest BCUT2D eigenvalue weighted by molar-refractivity contribution is 7.89. The average Bonchev–Trinajstić information content (AvgIpc) is 2.61. The molecule has 1 aliphatic heterocycles. The molecule has 0 spiro atoms. The molecular weight excluding hydrogens is 384 g/mol. The standard InChI is InChI=1S/C15H22N4O5S.ClH/c1-16-12-3-2-10-18(11-12)15(20)8-9-17-25(23,24)14-6-4-13(5-7-14)19(21)22;/h4-7,12,16-17H,2-3,8-11H2,1H3;1H. The van der Waals surface area contributed by atoms with Gasteiger partial charge in [0.25, 0.3) is 5.69 Å². The van der Waals surface area contributed by atoms with Gasteiger partial charge in [0.2, 0.25) is 15.9 Å². The molecule has 146 valence electrons. The molecule has 0 radical (unpaired) electrons. The first-order valence-corrected chi connectivity index (χ1v) is 9.51. The summed E-state index contributed by atoms with van der Waals surface area (Å²) in [5.74, 6) is -0.0913. The van der Waals surface area contributed by atoms with E-state index in [1.165, 1.54) is 12.1 Å². The summed E-state index contributed by atoms with van der Waals surface area (Å²) in [6.07, 6.45) is 2.02. The summed E-state index contributed by atoms with van der Waals surface area (Å²) >= 11 is 0. The van der Waals surface area contributed by atoms with Gasteiger partial charge in [0, 0.05) is 44.2 Å². The van der Waals surface area contributed by atoms with Crippen molar-refractivity contribution in [3.05, 3.63) is 34.4 Å². The number of nitro groups is 1. The predicted octanol–water partition coefficient (Wildman–Crippen LogP) is 0.895. The second kappa shape index (κ2) is 9.81. The predicted molar refractivity (Wildman–Crippen MR) is 98.8 cm³/mol. The van der Waals surface area contributed by atoms with Gasteiger partial charge in [0.05, 0.1) is 9.82 Å². The summed E-state index contributed by atoms with van der Waals surface area (Å²) in [6, 6.07) is 4.88. The first kappa shape index (κ1) is 22.3. The first-order chi connectivity index (χ1) is 11.8. The van der Waals surface area contributed by atoms with E-state index in [0.717, 1.165) is 25.0 Å². The van der Waals surface area contributed by atoms with Crippen LogP contribution in [0.15, 0.2) is 29.2 Å². The van der Waals surface area contributed by atoms with Crippen molar-refractivity contribution >= 4 is 34.0 Å². The molecule has 1 amide bonds. The smallest absolute Gasteiger partial charge is 0.269 e. The molecule has 0 aliphatic carbocycles. The quantitative estimate of drug-likeness (QED) is 0.512. The molecule has 1 aliphatic rings. The van der Waals surface area contributed by atoms with E-state index in [2.05, 4.69) is 10.0 Å². The number of likely N-dealkylation sites (N-methyl/N-ethyl adjacent to an activating group) is 1. The van der Waals surface area contributed by atoms with Crippen LogP contribution in [0.2, 0.25) is 0 Å². The highest BCUT2D eigenvalue weighted by atomic mass is 35.5. The number of sulfonamides is 1. The van der Waals surface area contributed by atoms with Gasteiger partial charge in [0.15, 0.2) is 0 Å². The monoisotopic (exact) mass is 406 g/mol. The Hall–Kier alpha value is -1.75. The summed E-state index contributed by atoms with van der Waals surface area (Å²) in [5, 5.41) is 13.7. The number of nitrogens with one attached hydrogen (secondary N) is 2. The number of non-ortho nitro benzene ring substituents is 1. The second-order valence-corrected chi connectivity index (χ2v) is 7.63. The minimum absolute atomic E-state index is 0. The SMILES string of the molecule is CNC1CCCN(C(=O)CCNS(=O)(=O)c2ccc([N+](=O)[O-])cc2)C1.Cl. The van der Waals surface area contributed by atoms with Crippen LogP contribution in [0.1, 0.15) is 19.3 Å². The number of likely N-dealkylation sites (tertiary alicyclic amines) is 1. The maximum atomic E-state index is 12.2. The number of halogens is 1. The number of hydrogen-bond donors (Lipinski definition) is 2. The molecule has 1 fully saturated rings. The normalized spacial score (nSPS) is 17.4. The van der Waals surface area contributed by atoms with E-state index in [1.807, 2.05) is 7.05 Å². The summed E-state index contributed by atoms with van der Waals surface area (Å²) in [7, 11) is -1.94. The molecule has 1 atom stereocenters. The van der Waals surface area contributed by atoms with Crippen LogP contribution in [0, 0.1) is 10.1 Å². The zero-order valence-corrected chi connectivity index (χ0v) is 16.0. The maximum Gasteiger partial charge on any atom is 0.269 e. The van der Waals surface area contributed by atoms with Gasteiger partial charge in [-0.25, -0.2) is 13.1 Å². The lowest BCUT2D eigenvalue weighted by molar-refractivity contribution is -0.384. The van der Waals surface area contributed by atoms with Crippen molar-refractivity contribution in [3.8, 4) is 0 Å². The van der Waals surface area contributed by atoms with Crippen LogP contribution in [-0.4, -0.2) is 56.9 Å². The van der Waals surface area contributed by atoms with E-state index in [4.69, 9.17) is 0 Å². The molecule has 11 heteroatoms. The topological polar surface area (TPSA) is 122 Å². The summed E-state index contributed by atoms with van der Waals surface area (Å²) < 4.78 is 26.7. The lowest BCUT2D eigenvalue weighted by Gasteiger charge is -2.32. The molecule has 2 rings (SSSR count). The number of hydrogen-bond acceptors (Lipinski definition) is 6. The molecule has 26 heavy (non-hydrogen) atoms. The van der Waals surface area contributed by atoms with Crippen LogP contribution in [0.25, 0.3) is 0 Å². The van der Waals surface area contributed by atoms with E-state index in [0.29, 0.717) is 13.1 Å². The van der Waals surface area contributed by atoms with Crippen molar-refractivity contribution in [1.82, 2.24) is 14.9 Å². The van der Waals surface area contributed by atoms with Gasteiger partial charge in [-0.1, -0.05) is 0 Å². The summed E-state index contributed by atoms with van der Waals surface area (Å²) in [5.41, 5.74) is -0.182. The molecular formula is C15H23ClN4O5S. The lowest BCUT2D eigenvalue weighted by Crippen LogP contribution is -2.47. The third-order valence-corrected chi connectivity index (χ3v) is 5.65. The van der Waals surface area contributed by atoms with Gasteiger partial charge in [0.1, 0.15) is 0 Å². The van der Waals surface area contributed by atoms with Crippen LogP contribution < -0.4 is 10.0 Å². The highest BCUT2D eigenvalue weighted by Gasteiger charge is 2.23. The Bertz CT molecular complexity index is 726. The van der Waals surface area contributed by atoms with Gasteiger partial charge >= 0.3 is 0 Å². The Morgan fingerprint density at radius 1 is 1.35 bits per heavy atom. The van der Waals surface area contributed by atoms with E-state index >= 15 is 0 Å². The van der Waals surface area contributed by atoms with Crippen LogP contribution in [0.3, 0.4) is 0 Å². The molecule has 0 saturated carbocycles. The van der Waals surface area contributed by atoms with Crippen molar-refractivity contribution < 1.29 is 18.1 Å². The van der Waals surface area contributed by atoms with Gasteiger partial charge in [-0.05, 0) is 32.0 Å². The Morgan fingerprint density at radius 3 is 2.58 bits per heavy atom. The van der Waals surface area contributed by atoms with Crippen molar-refractivity contribution in [2.45, 2.75) is 30.2 Å². The van der Waals surface area contributed by atoms with Crippen LogP contribution in [0.5, 0.6) is 0 Å². The fourth-order valence-electron chi connectivity index (χ4n) is 2.72. The number of piperidine rings is 1. The summed E-state index contributed by atoms with van der Waals surface area (Å²) in [4.78, 5) is 23.9. The second-order valence-electron chi connectivity index (χ2n) is 5.87. The minimum atomic E-state index is -3.80. The third-order valence-electron chi connectivity index (χ3n) is 4.17. The molecule has 0 aromatic heterocycles. The van der Waals surface area contributed by atoms with E-state index < -0.39 is 14.9 Å². The Morgan fingerprint density at radius 2 is 2.00 bits per heavy atom. The molecule has 1 aromatic rings. The van der Waals surface area contributed by atoms with E-state index in [9.17, 15) is 23.3 Å². The van der Waals surface area contributed by atoms with Gasteiger partial charge in [-0.15, -0.1) is 12.4 Å². The van der Waals surface area contributed by atoms with Crippen LogP contribution in [-0.2, 0) is 14.8 Å². The van der Waals surface area contributed by atoms with Crippen molar-refractivity contribution in [2.24, 2.45) is 0 Å². The maximum absolute atomic E-state index is 12.2. The molecule has 1 heterocycles. The van der Waals surface area contributed by atoms with Gasteiger partial charge in [-0.3, -0.25) is 14.9 Å². The largest absolute Gasteiger partial charge is 0.341 e. The molecule has 1 aromatic carbocycles. The Kier molecular flexibility index (Phi) is 8.41. The number of carbonyl (C=O) groups excluding carboxylic acids is 1. The zero-order valence-electron chi connectivity index (χ0n) is 14.4. The van der Waals surface area contributed by atoms with Gasteiger partial charge < -0.3 is 10.2 Å². The average molecular weight is 407 g/mol. The van der Waals surface area contributed by atoms with Crippen molar-refractivity contribution in [2.75, 3.05) is 26.7 Å². The van der Waals surface area contributed by atoms with E-state index in [-0.39, 0.29) is 47.9 Å². The van der Waals surface area contributed by atoms with Gasteiger partial charge in [-0.2, -0.15) is 0 Å². The van der Waals surface area contributed by atoms with Crippen LogP contribution in [0.4, 0.5) is 5.69 Å². The number of nitro benzene ring substituents is 1. The lowest BCUT2D eigenvalue weighted by atomic mass is 10.1. The highest BCUT2D eigenvalue weighted by Crippen LogP contribution is 2.16. The fourth-order valence-corrected chi connectivity index (χ4v) is 3.75. The number of nitrogens with zero attached hydrogens (tertiary/aromatic N) is 2. The van der Waals surface area contributed by atoms with Crippen molar-refractivity contribution in [3.63, 3.8) is 0 Å². The fraction of sp³-hybridized carbons (Fsp3) is 0.533. The minimum Gasteiger partial charge on any atom is -0.341 e. The Balaban J connectivity index is 0.00000338. The Labute approximate surface area is 158 Å². The first-order valence-electron chi connectivity index (χ1n) is 8.02. The summed E-state index contributed by atoms with van der Waals surface area (Å²) in [6.45, 7) is 1.30. The van der Waals surface area contributed by atoms with Crippen molar-refractivity contribution in [1.29, 1.82) is 0 Å². The molecule has 0 bridgehead atoms. The molecule has 1 unspecified atom stereocenters. The molecule has 9 nitrogen and oxygen atoms in total. The molecule has 1 saturated heterocycles. The number of benzene rings is 1. The third kappa shape index (κ3) is 5.90. The number of amides is 1. The van der Waals surface area contributed by atoms with Crippen LogP contribution >= 0.6 is 12.4 Å². The zero-order chi connectivity index (χ0) is 18.4. The number of carbonyl (C=O) groups is 1.